The molecule has 1 aromatic carbocycles. The van der Waals surface area contributed by atoms with Crippen LogP contribution in [-0.2, 0) is 6.42 Å². The zero-order chi connectivity index (χ0) is 16.0. The molecule has 0 atom stereocenters. The molecule has 4 aromatic rings. The van der Waals surface area contributed by atoms with Gasteiger partial charge in [0.2, 0.25) is 4.96 Å². The SMILES string of the molecule is Cc1nc(C)c(-c2nn3c(Cc4ccccc4Cl)nnc3s2)s1. The molecule has 3 heterocycles. The molecule has 116 valence electrons. The van der Waals surface area contributed by atoms with Gasteiger partial charge in [0, 0.05) is 11.4 Å². The van der Waals surface area contributed by atoms with E-state index in [9.17, 15) is 0 Å². The predicted octanol–water partition coefficient (Wildman–Crippen LogP) is 4.17. The second kappa shape index (κ2) is 5.67. The maximum absolute atomic E-state index is 6.24. The first-order chi connectivity index (χ1) is 11.1. The molecule has 0 fully saturated rings. The Morgan fingerprint density at radius 3 is 2.70 bits per heavy atom. The zero-order valence-electron chi connectivity index (χ0n) is 12.4. The molecule has 23 heavy (non-hydrogen) atoms. The monoisotopic (exact) mass is 361 g/mol. The number of aryl methyl sites for hydroxylation is 2. The lowest BCUT2D eigenvalue weighted by atomic mass is 10.1. The van der Waals surface area contributed by atoms with Gasteiger partial charge in [-0.3, -0.25) is 0 Å². The molecule has 0 radical (unpaired) electrons. The summed E-state index contributed by atoms with van der Waals surface area (Å²) in [6, 6.07) is 7.76. The number of hydrogen-bond acceptors (Lipinski definition) is 6. The molecule has 0 N–H and O–H groups in total. The quantitative estimate of drug-likeness (QED) is 0.549. The van der Waals surface area contributed by atoms with Crippen molar-refractivity contribution in [2.24, 2.45) is 0 Å². The van der Waals surface area contributed by atoms with E-state index in [0.717, 1.165) is 42.0 Å². The Bertz CT molecular complexity index is 1000. The molecule has 0 aliphatic heterocycles. The van der Waals surface area contributed by atoms with E-state index in [-0.39, 0.29) is 0 Å². The Balaban J connectivity index is 1.75. The van der Waals surface area contributed by atoms with Gasteiger partial charge in [-0.25, -0.2) is 4.98 Å². The molecule has 4 rings (SSSR count). The summed E-state index contributed by atoms with van der Waals surface area (Å²) in [5.74, 6) is 0.787. The van der Waals surface area contributed by atoms with E-state index in [1.165, 1.54) is 11.3 Å². The minimum Gasteiger partial charge on any atom is -0.246 e. The first-order valence-corrected chi connectivity index (χ1v) is 9.02. The highest BCUT2D eigenvalue weighted by Crippen LogP contribution is 2.33. The summed E-state index contributed by atoms with van der Waals surface area (Å²) in [4.78, 5) is 6.35. The first-order valence-electron chi connectivity index (χ1n) is 7.01. The molecule has 0 aliphatic rings. The fraction of sp³-hybridized carbons (Fsp3) is 0.200. The molecule has 3 aromatic heterocycles. The van der Waals surface area contributed by atoms with Crippen LogP contribution in [0.2, 0.25) is 5.02 Å². The normalized spacial score (nSPS) is 11.4. The molecule has 0 bridgehead atoms. The summed E-state index contributed by atoms with van der Waals surface area (Å²) in [6.45, 7) is 4.01. The summed E-state index contributed by atoms with van der Waals surface area (Å²) in [5.41, 5.74) is 2.02. The van der Waals surface area contributed by atoms with Crippen molar-refractivity contribution in [2.45, 2.75) is 20.3 Å². The van der Waals surface area contributed by atoms with Crippen LogP contribution in [-0.4, -0.2) is 24.8 Å². The third kappa shape index (κ3) is 2.65. The van der Waals surface area contributed by atoms with E-state index in [4.69, 9.17) is 11.6 Å². The van der Waals surface area contributed by atoms with Crippen LogP contribution in [0, 0.1) is 13.8 Å². The Labute approximate surface area is 145 Å². The molecule has 0 saturated carbocycles. The topological polar surface area (TPSA) is 56.0 Å². The van der Waals surface area contributed by atoms with Gasteiger partial charge in [-0.1, -0.05) is 41.1 Å². The molecule has 0 saturated heterocycles. The average Bonchev–Trinajstić information content (AvgIpc) is 3.17. The highest BCUT2D eigenvalue weighted by atomic mass is 35.5. The van der Waals surface area contributed by atoms with Crippen LogP contribution in [0.3, 0.4) is 0 Å². The molecular weight excluding hydrogens is 350 g/mol. The zero-order valence-corrected chi connectivity index (χ0v) is 14.8. The van der Waals surface area contributed by atoms with Gasteiger partial charge in [-0.05, 0) is 25.5 Å². The molecule has 5 nitrogen and oxygen atoms in total. The van der Waals surface area contributed by atoms with Crippen LogP contribution in [0.15, 0.2) is 24.3 Å². The van der Waals surface area contributed by atoms with Crippen molar-refractivity contribution in [3.63, 3.8) is 0 Å². The van der Waals surface area contributed by atoms with E-state index >= 15 is 0 Å². The van der Waals surface area contributed by atoms with Gasteiger partial charge in [0.15, 0.2) is 10.8 Å². The number of aromatic nitrogens is 5. The van der Waals surface area contributed by atoms with Crippen molar-refractivity contribution in [1.82, 2.24) is 24.8 Å². The molecule has 8 heteroatoms. The van der Waals surface area contributed by atoms with E-state index in [1.54, 1.807) is 15.9 Å². The largest absolute Gasteiger partial charge is 0.246 e. The fourth-order valence-electron chi connectivity index (χ4n) is 2.40. The predicted molar refractivity (Wildman–Crippen MR) is 93.5 cm³/mol. The van der Waals surface area contributed by atoms with E-state index < -0.39 is 0 Å². The third-order valence-corrected chi connectivity index (χ3v) is 5.95. The van der Waals surface area contributed by atoms with E-state index in [1.807, 2.05) is 38.1 Å². The molecular formula is C15H12ClN5S2. The number of nitrogens with zero attached hydrogens (tertiary/aromatic N) is 5. The van der Waals surface area contributed by atoms with Gasteiger partial charge in [-0.15, -0.1) is 21.5 Å². The Morgan fingerprint density at radius 1 is 1.13 bits per heavy atom. The van der Waals surface area contributed by atoms with Crippen LogP contribution >= 0.6 is 34.3 Å². The van der Waals surface area contributed by atoms with Crippen molar-refractivity contribution >= 4 is 39.2 Å². The van der Waals surface area contributed by atoms with E-state index in [0.29, 0.717) is 6.42 Å². The summed E-state index contributed by atoms with van der Waals surface area (Å²) in [6.07, 6.45) is 0.602. The second-order valence-corrected chi connectivity index (χ2v) is 7.70. The molecule has 0 unspecified atom stereocenters. The van der Waals surface area contributed by atoms with Crippen LogP contribution in [0.5, 0.6) is 0 Å². The Hall–Kier alpha value is -1.83. The number of halogens is 1. The number of thiazole rings is 1. The number of benzene rings is 1. The Kier molecular flexibility index (Phi) is 3.63. The fourth-order valence-corrected chi connectivity index (χ4v) is 4.50. The standard InChI is InChI=1S/C15H12ClN5S2/c1-8-13(22-9(2)17-8)14-20-21-12(18-19-15(21)23-14)7-10-5-3-4-6-11(10)16/h3-6H,7H2,1-2H3. The summed E-state index contributed by atoms with van der Waals surface area (Å²) in [7, 11) is 0. The van der Waals surface area contributed by atoms with Gasteiger partial charge in [-0.2, -0.15) is 9.61 Å². The van der Waals surface area contributed by atoms with Gasteiger partial charge in [0.05, 0.1) is 15.6 Å². The van der Waals surface area contributed by atoms with Crippen molar-refractivity contribution < 1.29 is 0 Å². The van der Waals surface area contributed by atoms with Gasteiger partial charge in [0.25, 0.3) is 0 Å². The number of rotatable bonds is 3. The van der Waals surface area contributed by atoms with Crippen LogP contribution < -0.4 is 0 Å². The number of hydrogen-bond donors (Lipinski definition) is 0. The lowest BCUT2D eigenvalue weighted by molar-refractivity contribution is 0.854. The minimum absolute atomic E-state index is 0.602. The first kappa shape index (κ1) is 14.7. The van der Waals surface area contributed by atoms with E-state index in [2.05, 4.69) is 20.3 Å². The Morgan fingerprint density at radius 2 is 1.96 bits per heavy atom. The molecule has 0 amide bonds. The van der Waals surface area contributed by atoms with Crippen LogP contribution in [0.4, 0.5) is 0 Å². The smallest absolute Gasteiger partial charge is 0.235 e. The summed E-state index contributed by atoms with van der Waals surface area (Å²) in [5, 5.41) is 15.9. The lowest BCUT2D eigenvalue weighted by Crippen LogP contribution is -1.98. The summed E-state index contributed by atoms with van der Waals surface area (Å²) < 4.78 is 1.80. The van der Waals surface area contributed by atoms with Crippen molar-refractivity contribution in [1.29, 1.82) is 0 Å². The van der Waals surface area contributed by atoms with Gasteiger partial charge in [0.1, 0.15) is 0 Å². The average molecular weight is 362 g/mol. The minimum atomic E-state index is 0.602. The van der Waals surface area contributed by atoms with Crippen LogP contribution in [0.1, 0.15) is 22.1 Å². The maximum Gasteiger partial charge on any atom is 0.235 e. The van der Waals surface area contributed by atoms with Gasteiger partial charge >= 0.3 is 0 Å². The molecule has 0 spiro atoms. The van der Waals surface area contributed by atoms with Crippen LogP contribution in [0.25, 0.3) is 14.8 Å². The van der Waals surface area contributed by atoms with Gasteiger partial charge < -0.3 is 0 Å². The lowest BCUT2D eigenvalue weighted by Gasteiger charge is -2.00. The summed E-state index contributed by atoms with van der Waals surface area (Å²) >= 11 is 9.42. The maximum atomic E-state index is 6.24. The van der Waals surface area contributed by atoms with Crippen molar-refractivity contribution in [3.8, 4) is 9.88 Å². The van der Waals surface area contributed by atoms with Crippen molar-refractivity contribution in [2.75, 3.05) is 0 Å². The number of fused-ring (bicyclic) bond motifs is 1. The van der Waals surface area contributed by atoms with Crippen molar-refractivity contribution in [3.05, 3.63) is 51.4 Å². The molecule has 0 aliphatic carbocycles. The second-order valence-electron chi connectivity index (χ2n) is 5.13. The highest BCUT2D eigenvalue weighted by Gasteiger charge is 2.17. The third-order valence-electron chi connectivity index (χ3n) is 3.46. The highest BCUT2D eigenvalue weighted by molar-refractivity contribution is 7.24.